The van der Waals surface area contributed by atoms with Gasteiger partial charge in [0.25, 0.3) is 11.8 Å². The minimum atomic E-state index is -0.229. The second-order valence-electron chi connectivity index (χ2n) is 6.11. The Morgan fingerprint density at radius 3 is 2.44 bits per heavy atom. The molecule has 2 N–H and O–H groups in total. The van der Waals surface area contributed by atoms with Crippen molar-refractivity contribution in [3.05, 3.63) is 71.8 Å². The molecule has 6 heteroatoms. The molecule has 0 bridgehead atoms. The van der Waals surface area contributed by atoms with Gasteiger partial charge in [0.15, 0.2) is 11.5 Å². The lowest BCUT2D eigenvalue weighted by Gasteiger charge is -2.09. The van der Waals surface area contributed by atoms with E-state index in [1.165, 1.54) is 0 Å². The molecule has 27 heavy (non-hydrogen) atoms. The van der Waals surface area contributed by atoms with Crippen LogP contribution < -0.4 is 20.1 Å². The number of rotatable bonds is 5. The van der Waals surface area contributed by atoms with E-state index in [1.54, 1.807) is 24.3 Å². The summed E-state index contributed by atoms with van der Waals surface area (Å²) in [5.41, 5.74) is 1.11. The summed E-state index contributed by atoms with van der Waals surface area (Å²) in [6, 6.07) is 18.4. The van der Waals surface area contributed by atoms with Crippen LogP contribution in [0.2, 0.25) is 0 Å². The van der Waals surface area contributed by atoms with Crippen LogP contribution in [-0.4, -0.2) is 31.7 Å². The monoisotopic (exact) mass is 362 g/mol. The quantitative estimate of drug-likeness (QED) is 0.684. The maximum atomic E-state index is 12.4. The third-order valence-corrected chi connectivity index (χ3v) is 4.37. The average molecular weight is 362 g/mol. The van der Waals surface area contributed by atoms with Crippen LogP contribution >= 0.6 is 0 Å². The van der Waals surface area contributed by atoms with Crippen molar-refractivity contribution in [1.29, 1.82) is 0 Å². The van der Waals surface area contributed by atoms with Gasteiger partial charge in [0.05, 0.1) is 0 Å². The molecule has 0 radical (unpaired) electrons. The lowest BCUT2D eigenvalue weighted by Crippen LogP contribution is -2.34. The molecule has 0 spiro atoms. The highest BCUT2D eigenvalue weighted by Crippen LogP contribution is 2.32. The van der Waals surface area contributed by atoms with Crippen LogP contribution in [0.25, 0.3) is 10.8 Å². The van der Waals surface area contributed by atoms with Crippen molar-refractivity contribution in [3.63, 3.8) is 0 Å². The summed E-state index contributed by atoms with van der Waals surface area (Å²) in [4.78, 5) is 24.7. The molecule has 136 valence electrons. The van der Waals surface area contributed by atoms with Crippen LogP contribution in [0.5, 0.6) is 11.5 Å². The van der Waals surface area contributed by atoms with E-state index in [-0.39, 0.29) is 18.6 Å². The zero-order valence-corrected chi connectivity index (χ0v) is 14.5. The van der Waals surface area contributed by atoms with E-state index in [0.717, 1.165) is 10.8 Å². The zero-order chi connectivity index (χ0) is 18.6. The van der Waals surface area contributed by atoms with Crippen LogP contribution in [0.4, 0.5) is 0 Å². The molecule has 2 amide bonds. The Kier molecular flexibility index (Phi) is 4.61. The van der Waals surface area contributed by atoms with Crippen molar-refractivity contribution in [2.45, 2.75) is 0 Å². The van der Waals surface area contributed by atoms with Gasteiger partial charge in [0, 0.05) is 24.2 Å². The summed E-state index contributed by atoms with van der Waals surface area (Å²) >= 11 is 0. The maximum absolute atomic E-state index is 12.4. The zero-order valence-electron chi connectivity index (χ0n) is 14.5. The second kappa shape index (κ2) is 7.37. The van der Waals surface area contributed by atoms with Gasteiger partial charge in [0.1, 0.15) is 0 Å². The molecule has 3 aromatic carbocycles. The van der Waals surface area contributed by atoms with E-state index < -0.39 is 0 Å². The molecular weight excluding hydrogens is 344 g/mol. The van der Waals surface area contributed by atoms with Gasteiger partial charge in [-0.15, -0.1) is 0 Å². The molecule has 0 saturated carbocycles. The van der Waals surface area contributed by atoms with Crippen molar-refractivity contribution in [2.24, 2.45) is 0 Å². The topological polar surface area (TPSA) is 76.7 Å². The van der Waals surface area contributed by atoms with Gasteiger partial charge in [-0.1, -0.05) is 36.4 Å². The molecule has 6 nitrogen and oxygen atoms in total. The van der Waals surface area contributed by atoms with Crippen LogP contribution in [-0.2, 0) is 0 Å². The van der Waals surface area contributed by atoms with Gasteiger partial charge >= 0.3 is 0 Å². The minimum absolute atomic E-state index is 0.163. The Hall–Kier alpha value is -3.54. The van der Waals surface area contributed by atoms with E-state index >= 15 is 0 Å². The van der Waals surface area contributed by atoms with Gasteiger partial charge < -0.3 is 20.1 Å². The maximum Gasteiger partial charge on any atom is 0.251 e. The summed E-state index contributed by atoms with van der Waals surface area (Å²) in [7, 11) is 0. The lowest BCUT2D eigenvalue weighted by molar-refractivity contribution is 0.0928. The Labute approximate surface area is 156 Å². The lowest BCUT2D eigenvalue weighted by atomic mass is 10.0. The Morgan fingerprint density at radius 2 is 1.56 bits per heavy atom. The second-order valence-corrected chi connectivity index (χ2v) is 6.11. The molecule has 0 unspecified atom stereocenters. The van der Waals surface area contributed by atoms with Crippen LogP contribution in [0, 0.1) is 0 Å². The first kappa shape index (κ1) is 16.9. The third-order valence-electron chi connectivity index (χ3n) is 4.37. The fourth-order valence-electron chi connectivity index (χ4n) is 3.01. The van der Waals surface area contributed by atoms with E-state index in [9.17, 15) is 9.59 Å². The number of ether oxygens (including phenoxy) is 2. The highest BCUT2D eigenvalue weighted by atomic mass is 16.7. The van der Waals surface area contributed by atoms with Gasteiger partial charge in [0.2, 0.25) is 6.79 Å². The van der Waals surface area contributed by atoms with Crippen molar-refractivity contribution < 1.29 is 19.1 Å². The number of fused-ring (bicyclic) bond motifs is 2. The number of carbonyl (C=O) groups excluding carboxylic acids is 2. The molecule has 1 heterocycles. The number of benzene rings is 3. The molecule has 0 fully saturated rings. The molecule has 0 atom stereocenters. The van der Waals surface area contributed by atoms with Crippen molar-refractivity contribution in [2.75, 3.05) is 19.9 Å². The van der Waals surface area contributed by atoms with Gasteiger partial charge in [-0.05, 0) is 35.0 Å². The molecule has 4 rings (SSSR count). The molecule has 1 aliphatic heterocycles. The van der Waals surface area contributed by atoms with Crippen LogP contribution in [0.3, 0.4) is 0 Å². The number of nitrogens with one attached hydrogen (secondary N) is 2. The predicted molar refractivity (Wildman–Crippen MR) is 101 cm³/mol. The number of carbonyl (C=O) groups is 2. The SMILES string of the molecule is O=C(NCCNC(=O)c1cccc2ccccc12)c1ccc2c(c1)OCO2. The summed E-state index contributed by atoms with van der Waals surface area (Å²) in [5, 5.41) is 7.54. The van der Waals surface area contributed by atoms with Crippen LogP contribution in [0.1, 0.15) is 20.7 Å². The molecule has 0 aromatic heterocycles. The summed E-state index contributed by atoms with van der Waals surface area (Å²) in [5.74, 6) is 0.803. The number of hydrogen-bond acceptors (Lipinski definition) is 4. The van der Waals surface area contributed by atoms with E-state index in [4.69, 9.17) is 9.47 Å². The molecular formula is C21H18N2O4. The smallest absolute Gasteiger partial charge is 0.251 e. The Morgan fingerprint density at radius 1 is 0.815 bits per heavy atom. The number of amides is 2. The largest absolute Gasteiger partial charge is 0.454 e. The molecule has 3 aromatic rings. The minimum Gasteiger partial charge on any atom is -0.454 e. The van der Waals surface area contributed by atoms with Crippen molar-refractivity contribution in [1.82, 2.24) is 10.6 Å². The van der Waals surface area contributed by atoms with E-state index in [2.05, 4.69) is 10.6 Å². The Bertz CT molecular complexity index is 1010. The first-order valence-corrected chi connectivity index (χ1v) is 8.66. The summed E-state index contributed by atoms with van der Waals surface area (Å²) in [6.45, 7) is 0.822. The van der Waals surface area contributed by atoms with Gasteiger partial charge in [-0.3, -0.25) is 9.59 Å². The first-order chi connectivity index (χ1) is 13.2. The van der Waals surface area contributed by atoms with E-state index in [0.29, 0.717) is 35.7 Å². The van der Waals surface area contributed by atoms with Crippen molar-refractivity contribution in [3.8, 4) is 11.5 Å². The third kappa shape index (κ3) is 3.55. The predicted octanol–water partition coefficient (Wildman–Crippen LogP) is 2.73. The molecule has 1 aliphatic rings. The van der Waals surface area contributed by atoms with Crippen molar-refractivity contribution >= 4 is 22.6 Å². The normalized spacial score (nSPS) is 12.0. The summed E-state index contributed by atoms with van der Waals surface area (Å²) < 4.78 is 10.5. The van der Waals surface area contributed by atoms with Gasteiger partial charge in [-0.2, -0.15) is 0 Å². The first-order valence-electron chi connectivity index (χ1n) is 8.66. The Balaban J connectivity index is 1.32. The number of hydrogen-bond donors (Lipinski definition) is 2. The highest BCUT2D eigenvalue weighted by Gasteiger charge is 2.16. The molecule has 0 aliphatic carbocycles. The fourth-order valence-corrected chi connectivity index (χ4v) is 3.01. The van der Waals surface area contributed by atoms with Crippen LogP contribution in [0.15, 0.2) is 60.7 Å². The standard InChI is InChI=1S/C21H18N2O4/c24-20(15-8-9-18-19(12-15)27-13-26-18)22-10-11-23-21(25)17-7-3-5-14-4-1-2-6-16(14)17/h1-9,12H,10-11,13H2,(H,22,24)(H,23,25). The fraction of sp³-hybridized carbons (Fsp3) is 0.143. The van der Waals surface area contributed by atoms with Gasteiger partial charge in [-0.25, -0.2) is 0 Å². The highest BCUT2D eigenvalue weighted by molar-refractivity contribution is 6.07. The molecule has 0 saturated heterocycles. The van der Waals surface area contributed by atoms with E-state index in [1.807, 2.05) is 36.4 Å². The average Bonchev–Trinajstić information content (AvgIpc) is 3.18. The summed E-state index contributed by atoms with van der Waals surface area (Å²) in [6.07, 6.45) is 0.